The van der Waals surface area contributed by atoms with Gasteiger partial charge in [0.25, 0.3) is 5.91 Å². The SMILES string of the molecule is CC(=O)c1cc(C(=O)N(C)C)cc2[nH]c(C)nc12. The van der Waals surface area contributed by atoms with Gasteiger partial charge in [-0.3, -0.25) is 9.59 Å². The number of ketones is 1. The molecule has 0 aliphatic rings. The first-order valence-electron chi connectivity index (χ1n) is 5.63. The van der Waals surface area contributed by atoms with E-state index in [4.69, 9.17) is 0 Å². The van der Waals surface area contributed by atoms with Crippen LogP contribution < -0.4 is 0 Å². The number of hydrogen-bond donors (Lipinski definition) is 1. The van der Waals surface area contributed by atoms with Crippen molar-refractivity contribution < 1.29 is 9.59 Å². The summed E-state index contributed by atoms with van der Waals surface area (Å²) >= 11 is 0. The van der Waals surface area contributed by atoms with Gasteiger partial charge in [0.05, 0.1) is 11.0 Å². The predicted octanol–water partition coefficient (Wildman–Crippen LogP) is 1.78. The molecule has 2 rings (SSSR count). The maximum Gasteiger partial charge on any atom is 0.253 e. The molecule has 5 nitrogen and oxygen atoms in total. The van der Waals surface area contributed by atoms with E-state index in [2.05, 4.69) is 9.97 Å². The first-order valence-corrected chi connectivity index (χ1v) is 5.63. The van der Waals surface area contributed by atoms with E-state index >= 15 is 0 Å². The summed E-state index contributed by atoms with van der Waals surface area (Å²) < 4.78 is 0. The molecule has 5 heteroatoms. The fourth-order valence-electron chi connectivity index (χ4n) is 1.89. The van der Waals surface area contributed by atoms with Crippen LogP contribution in [0.4, 0.5) is 0 Å². The second-order valence-corrected chi connectivity index (χ2v) is 4.50. The third-order valence-corrected chi connectivity index (χ3v) is 2.74. The lowest BCUT2D eigenvalue weighted by atomic mass is 10.0. The van der Waals surface area contributed by atoms with Crippen LogP contribution in [0.25, 0.3) is 11.0 Å². The van der Waals surface area contributed by atoms with Gasteiger partial charge in [-0.2, -0.15) is 0 Å². The zero-order chi connectivity index (χ0) is 13.4. The molecule has 1 aromatic heterocycles. The third kappa shape index (κ3) is 1.99. The standard InChI is InChI=1S/C13H15N3O2/c1-7(17)10-5-9(13(18)16(3)4)6-11-12(10)15-8(2)14-11/h5-6H,1-4H3,(H,14,15). The maximum absolute atomic E-state index is 12.0. The number of rotatable bonds is 2. The number of benzene rings is 1. The number of nitrogens with one attached hydrogen (secondary N) is 1. The second kappa shape index (κ2) is 4.25. The highest BCUT2D eigenvalue weighted by molar-refractivity contribution is 6.08. The van der Waals surface area contributed by atoms with Crippen LogP contribution in [0.5, 0.6) is 0 Å². The number of imidazole rings is 1. The van der Waals surface area contributed by atoms with Crippen LogP contribution in [0, 0.1) is 6.92 Å². The van der Waals surface area contributed by atoms with E-state index in [1.807, 2.05) is 6.92 Å². The van der Waals surface area contributed by atoms with Gasteiger partial charge in [-0.25, -0.2) is 4.98 Å². The molecule has 94 valence electrons. The van der Waals surface area contributed by atoms with Crippen LogP contribution in [0.2, 0.25) is 0 Å². The first kappa shape index (κ1) is 12.3. The molecule has 0 atom stereocenters. The van der Waals surface area contributed by atoms with Gasteiger partial charge in [-0.1, -0.05) is 0 Å². The molecule has 0 saturated carbocycles. The number of aromatic nitrogens is 2. The second-order valence-electron chi connectivity index (χ2n) is 4.50. The molecular weight excluding hydrogens is 230 g/mol. The van der Waals surface area contributed by atoms with Gasteiger partial charge >= 0.3 is 0 Å². The molecule has 0 fully saturated rings. The Balaban J connectivity index is 2.71. The monoisotopic (exact) mass is 245 g/mol. The summed E-state index contributed by atoms with van der Waals surface area (Å²) in [7, 11) is 3.36. The maximum atomic E-state index is 12.0. The zero-order valence-electron chi connectivity index (χ0n) is 10.9. The first-order chi connectivity index (χ1) is 8.40. The highest BCUT2D eigenvalue weighted by atomic mass is 16.2. The Morgan fingerprint density at radius 2 is 1.94 bits per heavy atom. The summed E-state index contributed by atoms with van der Waals surface area (Å²) in [6, 6.07) is 3.33. The molecular formula is C13H15N3O2. The Bertz CT molecular complexity index is 641. The van der Waals surface area contributed by atoms with Crippen LogP contribution in [-0.2, 0) is 0 Å². The minimum absolute atomic E-state index is 0.0973. The van der Waals surface area contributed by atoms with Crippen molar-refractivity contribution >= 4 is 22.7 Å². The van der Waals surface area contributed by atoms with E-state index in [0.717, 1.165) is 5.82 Å². The molecule has 0 unspecified atom stereocenters. The lowest BCUT2D eigenvalue weighted by Gasteiger charge is -2.11. The molecule has 0 saturated heterocycles. The molecule has 0 bridgehead atoms. The smallest absolute Gasteiger partial charge is 0.253 e. The van der Waals surface area contributed by atoms with Gasteiger partial charge < -0.3 is 9.88 Å². The predicted molar refractivity (Wildman–Crippen MR) is 68.9 cm³/mol. The molecule has 0 aliphatic carbocycles. The average molecular weight is 245 g/mol. The molecule has 1 amide bonds. The lowest BCUT2D eigenvalue weighted by Crippen LogP contribution is -2.22. The Morgan fingerprint density at radius 3 is 2.50 bits per heavy atom. The van der Waals surface area contributed by atoms with E-state index in [-0.39, 0.29) is 11.7 Å². The van der Waals surface area contributed by atoms with E-state index < -0.39 is 0 Å². The molecule has 1 heterocycles. The molecule has 18 heavy (non-hydrogen) atoms. The number of aryl methyl sites for hydroxylation is 1. The fourth-order valence-corrected chi connectivity index (χ4v) is 1.89. The quantitative estimate of drug-likeness (QED) is 0.820. The molecule has 1 N–H and O–H groups in total. The number of carbonyl (C=O) groups is 2. The van der Waals surface area contributed by atoms with Crippen molar-refractivity contribution in [3.8, 4) is 0 Å². The van der Waals surface area contributed by atoms with Crippen molar-refractivity contribution in [2.24, 2.45) is 0 Å². The molecule has 0 radical (unpaired) electrons. The van der Waals surface area contributed by atoms with Crippen LogP contribution in [0.15, 0.2) is 12.1 Å². The lowest BCUT2D eigenvalue weighted by molar-refractivity contribution is 0.0827. The summed E-state index contributed by atoms with van der Waals surface area (Å²) in [6.07, 6.45) is 0. The molecule has 0 spiro atoms. The summed E-state index contributed by atoms with van der Waals surface area (Å²) in [5.74, 6) is 0.494. The summed E-state index contributed by atoms with van der Waals surface area (Å²) in [6.45, 7) is 3.29. The van der Waals surface area contributed by atoms with E-state index in [9.17, 15) is 9.59 Å². The van der Waals surface area contributed by atoms with Gasteiger partial charge in [0.1, 0.15) is 5.82 Å². The largest absolute Gasteiger partial charge is 0.345 e. The van der Waals surface area contributed by atoms with Crippen LogP contribution in [0.1, 0.15) is 33.5 Å². The van der Waals surface area contributed by atoms with Crippen LogP contribution >= 0.6 is 0 Å². The fraction of sp³-hybridized carbons (Fsp3) is 0.308. The minimum Gasteiger partial charge on any atom is -0.345 e. The van der Waals surface area contributed by atoms with Crippen molar-refractivity contribution in [3.63, 3.8) is 0 Å². The van der Waals surface area contributed by atoms with Crippen LogP contribution in [-0.4, -0.2) is 40.7 Å². The van der Waals surface area contributed by atoms with Crippen molar-refractivity contribution in [3.05, 3.63) is 29.1 Å². The van der Waals surface area contributed by atoms with Crippen molar-refractivity contribution in [1.29, 1.82) is 0 Å². The topological polar surface area (TPSA) is 66.1 Å². The normalized spacial score (nSPS) is 10.7. The number of H-pyrrole nitrogens is 1. The number of hydrogen-bond acceptors (Lipinski definition) is 3. The number of Topliss-reactive ketones (excluding diaryl/α,β-unsaturated/α-hetero) is 1. The number of amides is 1. The van der Waals surface area contributed by atoms with Gasteiger partial charge in [-0.05, 0) is 26.0 Å². The number of fused-ring (bicyclic) bond motifs is 1. The van der Waals surface area contributed by atoms with Crippen molar-refractivity contribution in [2.75, 3.05) is 14.1 Å². The number of nitrogens with zero attached hydrogens (tertiary/aromatic N) is 2. The highest BCUT2D eigenvalue weighted by Crippen LogP contribution is 2.20. The van der Waals surface area contributed by atoms with Gasteiger partial charge in [-0.15, -0.1) is 0 Å². The highest BCUT2D eigenvalue weighted by Gasteiger charge is 2.16. The minimum atomic E-state index is -0.133. The third-order valence-electron chi connectivity index (χ3n) is 2.74. The molecule has 2 aromatic rings. The Labute approximate surface area is 105 Å². The van der Waals surface area contributed by atoms with E-state index in [1.165, 1.54) is 11.8 Å². The van der Waals surface area contributed by atoms with Gasteiger partial charge in [0.15, 0.2) is 5.78 Å². The summed E-state index contributed by atoms with van der Waals surface area (Å²) in [5, 5.41) is 0. The number of carbonyl (C=O) groups excluding carboxylic acids is 2. The summed E-state index contributed by atoms with van der Waals surface area (Å²) in [4.78, 5) is 32.4. The van der Waals surface area contributed by atoms with Gasteiger partial charge in [0, 0.05) is 25.2 Å². The zero-order valence-corrected chi connectivity index (χ0v) is 10.9. The van der Waals surface area contributed by atoms with E-state index in [0.29, 0.717) is 22.2 Å². The molecule has 0 aliphatic heterocycles. The Kier molecular flexibility index (Phi) is 2.90. The number of aromatic amines is 1. The Hall–Kier alpha value is -2.17. The van der Waals surface area contributed by atoms with Crippen LogP contribution in [0.3, 0.4) is 0 Å². The van der Waals surface area contributed by atoms with Gasteiger partial charge in [0.2, 0.25) is 0 Å². The molecule has 1 aromatic carbocycles. The Morgan fingerprint density at radius 1 is 1.28 bits per heavy atom. The average Bonchev–Trinajstić information content (AvgIpc) is 2.66. The van der Waals surface area contributed by atoms with Crippen molar-refractivity contribution in [2.45, 2.75) is 13.8 Å². The van der Waals surface area contributed by atoms with E-state index in [1.54, 1.807) is 26.2 Å². The summed E-state index contributed by atoms with van der Waals surface area (Å²) in [5.41, 5.74) is 2.30. The van der Waals surface area contributed by atoms with Crippen molar-refractivity contribution in [1.82, 2.24) is 14.9 Å².